The van der Waals surface area contributed by atoms with Gasteiger partial charge in [0.25, 0.3) is 0 Å². The van der Waals surface area contributed by atoms with Gasteiger partial charge in [-0.3, -0.25) is 0 Å². The monoisotopic (exact) mass is 358 g/mol. The van der Waals surface area contributed by atoms with Crippen LogP contribution in [0.25, 0.3) is 0 Å². The van der Waals surface area contributed by atoms with Crippen molar-refractivity contribution in [1.29, 1.82) is 5.26 Å². The molecule has 8 heteroatoms. The molecule has 0 aliphatic rings. The maximum atomic E-state index is 13.1. The van der Waals surface area contributed by atoms with Gasteiger partial charge in [-0.05, 0) is 23.8 Å². The second-order valence-corrected chi connectivity index (χ2v) is 5.30. The van der Waals surface area contributed by atoms with Crippen molar-refractivity contribution < 1.29 is 26.3 Å². The number of anilines is 1. The molecule has 0 heterocycles. The highest BCUT2D eigenvalue weighted by Crippen LogP contribution is 2.35. The molecule has 2 rings (SSSR count). The highest BCUT2D eigenvalue weighted by Gasteiger charge is 2.36. The first-order chi connectivity index (χ1) is 11.6. The molecule has 0 saturated heterocycles. The maximum Gasteiger partial charge on any atom is 0.417 e. The highest BCUT2D eigenvalue weighted by molar-refractivity contribution is 5.55. The average Bonchev–Trinajstić information content (AvgIpc) is 2.52. The van der Waals surface area contributed by atoms with E-state index in [1.54, 1.807) is 30.3 Å². The number of rotatable bonds is 4. The Hall–Kier alpha value is -2.69. The van der Waals surface area contributed by atoms with Crippen molar-refractivity contribution in [2.45, 2.75) is 18.9 Å². The largest absolute Gasteiger partial charge is 0.417 e. The predicted octanol–water partition coefficient (Wildman–Crippen LogP) is 5.15. The molecule has 25 heavy (non-hydrogen) atoms. The lowest BCUT2D eigenvalue weighted by Gasteiger charge is -2.27. The van der Waals surface area contributed by atoms with Gasteiger partial charge < -0.3 is 4.90 Å². The van der Waals surface area contributed by atoms with Crippen molar-refractivity contribution in [2.24, 2.45) is 0 Å². The van der Waals surface area contributed by atoms with Crippen LogP contribution in [0.5, 0.6) is 0 Å². The fraction of sp³-hybridized carbons (Fsp3) is 0.235. The van der Waals surface area contributed by atoms with Crippen LogP contribution in [0.3, 0.4) is 0 Å². The summed E-state index contributed by atoms with van der Waals surface area (Å²) in [5.74, 6) is 0. The molecule has 0 aliphatic carbocycles. The Kier molecular flexibility index (Phi) is 5.26. The van der Waals surface area contributed by atoms with Crippen LogP contribution >= 0.6 is 0 Å². The second kappa shape index (κ2) is 7.05. The van der Waals surface area contributed by atoms with Crippen LogP contribution in [0.2, 0.25) is 0 Å². The minimum absolute atomic E-state index is 0.219. The topological polar surface area (TPSA) is 27.0 Å². The molecule has 0 bridgehead atoms. The van der Waals surface area contributed by atoms with Crippen molar-refractivity contribution in [1.82, 2.24) is 0 Å². The highest BCUT2D eigenvalue weighted by atomic mass is 19.4. The summed E-state index contributed by atoms with van der Waals surface area (Å²) in [5, 5.41) is 8.79. The van der Waals surface area contributed by atoms with Gasteiger partial charge in [-0.25, -0.2) is 0 Å². The summed E-state index contributed by atoms with van der Waals surface area (Å²) in [6.45, 7) is -1.63. The molecule has 0 fully saturated rings. The number of hydrogen-bond donors (Lipinski definition) is 0. The first-order valence-corrected chi connectivity index (χ1v) is 7.07. The zero-order valence-electron chi connectivity index (χ0n) is 12.7. The lowest BCUT2D eigenvalue weighted by atomic mass is 10.1. The third-order valence-electron chi connectivity index (χ3n) is 3.38. The van der Waals surface area contributed by atoms with Crippen molar-refractivity contribution in [3.05, 3.63) is 65.2 Å². The smallest absolute Gasteiger partial charge is 0.358 e. The van der Waals surface area contributed by atoms with E-state index in [1.165, 1.54) is 6.07 Å². The Bertz CT molecular complexity index is 759. The van der Waals surface area contributed by atoms with Gasteiger partial charge in [0.15, 0.2) is 0 Å². The van der Waals surface area contributed by atoms with Crippen LogP contribution in [0, 0.1) is 11.3 Å². The summed E-state index contributed by atoms with van der Waals surface area (Å²) in [6, 6.07) is 12.0. The van der Waals surface area contributed by atoms with Gasteiger partial charge in [0, 0.05) is 12.2 Å². The number of benzene rings is 2. The minimum Gasteiger partial charge on any atom is -0.358 e. The van der Waals surface area contributed by atoms with Crippen LogP contribution in [0.4, 0.5) is 32.0 Å². The van der Waals surface area contributed by atoms with Crippen molar-refractivity contribution >= 4 is 5.69 Å². The van der Waals surface area contributed by atoms with E-state index < -0.39 is 30.0 Å². The molecule has 0 aromatic heterocycles. The second-order valence-electron chi connectivity index (χ2n) is 5.30. The molecule has 0 amide bonds. The number of nitrogens with zero attached hydrogens (tertiary/aromatic N) is 2. The van der Waals surface area contributed by atoms with Gasteiger partial charge in [-0.1, -0.05) is 30.3 Å². The Morgan fingerprint density at radius 1 is 0.920 bits per heavy atom. The van der Waals surface area contributed by atoms with E-state index in [2.05, 4.69) is 0 Å². The van der Waals surface area contributed by atoms with Crippen LogP contribution in [-0.2, 0) is 12.7 Å². The van der Waals surface area contributed by atoms with Crippen molar-refractivity contribution in [2.75, 3.05) is 11.4 Å². The van der Waals surface area contributed by atoms with Crippen LogP contribution in [0.15, 0.2) is 48.5 Å². The summed E-state index contributed by atoms with van der Waals surface area (Å²) in [4.78, 5) is 0.797. The normalized spacial score (nSPS) is 11.9. The van der Waals surface area contributed by atoms with E-state index >= 15 is 0 Å². The fourth-order valence-electron chi connectivity index (χ4n) is 2.32. The zero-order chi connectivity index (χ0) is 18.7. The van der Waals surface area contributed by atoms with Gasteiger partial charge >= 0.3 is 12.4 Å². The van der Waals surface area contributed by atoms with E-state index in [0.29, 0.717) is 11.6 Å². The van der Waals surface area contributed by atoms with Crippen molar-refractivity contribution in [3.8, 4) is 6.07 Å². The predicted molar refractivity (Wildman–Crippen MR) is 79.7 cm³/mol. The Balaban J connectivity index is 2.45. The van der Waals surface area contributed by atoms with Gasteiger partial charge in [-0.2, -0.15) is 31.6 Å². The molecule has 132 valence electrons. The molecule has 2 aromatic rings. The molecule has 0 radical (unpaired) electrons. The number of halogens is 6. The molecule has 0 aliphatic heterocycles. The quantitative estimate of drug-likeness (QED) is 0.707. The molecule has 0 atom stereocenters. The molecular weight excluding hydrogens is 346 g/mol. The third kappa shape index (κ3) is 5.14. The van der Waals surface area contributed by atoms with Gasteiger partial charge in [0.1, 0.15) is 6.54 Å². The molecule has 0 unspecified atom stereocenters. The molecule has 0 saturated carbocycles. The summed E-state index contributed by atoms with van der Waals surface area (Å²) in [7, 11) is 0. The number of hydrogen-bond acceptors (Lipinski definition) is 2. The summed E-state index contributed by atoms with van der Waals surface area (Å²) in [5.41, 5.74) is -1.63. The van der Waals surface area contributed by atoms with Gasteiger partial charge in [0.05, 0.1) is 17.2 Å². The summed E-state index contributed by atoms with van der Waals surface area (Å²) in [6.07, 6.45) is -9.43. The average molecular weight is 358 g/mol. The molecule has 2 aromatic carbocycles. The summed E-state index contributed by atoms with van der Waals surface area (Å²) < 4.78 is 77.7. The number of nitriles is 1. The maximum absolute atomic E-state index is 13.1. The third-order valence-corrected chi connectivity index (χ3v) is 3.38. The lowest BCUT2D eigenvalue weighted by molar-refractivity contribution is -0.137. The van der Waals surface area contributed by atoms with E-state index in [0.717, 1.165) is 17.0 Å². The van der Waals surface area contributed by atoms with E-state index in [4.69, 9.17) is 5.26 Å². The first-order valence-electron chi connectivity index (χ1n) is 7.07. The zero-order valence-corrected chi connectivity index (χ0v) is 12.7. The molecule has 0 spiro atoms. The van der Waals surface area contributed by atoms with E-state index in [-0.39, 0.29) is 12.2 Å². The first kappa shape index (κ1) is 18.6. The molecule has 0 N–H and O–H groups in total. The number of alkyl halides is 6. The van der Waals surface area contributed by atoms with Gasteiger partial charge in [0.2, 0.25) is 0 Å². The SMILES string of the molecule is N#Cc1ccc(N(Cc2ccccc2)CC(F)(F)F)cc1C(F)(F)F. The molecular formula is C17H12F6N2. The molecule has 2 nitrogen and oxygen atoms in total. The van der Waals surface area contributed by atoms with Gasteiger partial charge in [-0.15, -0.1) is 0 Å². The Morgan fingerprint density at radius 2 is 1.56 bits per heavy atom. The Morgan fingerprint density at radius 3 is 2.08 bits per heavy atom. The van der Waals surface area contributed by atoms with Crippen LogP contribution in [-0.4, -0.2) is 12.7 Å². The Labute approximate surface area is 139 Å². The van der Waals surface area contributed by atoms with Crippen molar-refractivity contribution in [3.63, 3.8) is 0 Å². The summed E-state index contributed by atoms with van der Waals surface area (Å²) >= 11 is 0. The fourth-order valence-corrected chi connectivity index (χ4v) is 2.32. The van der Waals surface area contributed by atoms with E-state index in [1.807, 2.05) is 0 Å². The van der Waals surface area contributed by atoms with Crippen LogP contribution in [0.1, 0.15) is 16.7 Å². The minimum atomic E-state index is -4.84. The van der Waals surface area contributed by atoms with E-state index in [9.17, 15) is 26.3 Å². The standard InChI is InChI=1S/C17H12F6N2/c18-16(19,20)11-25(10-12-4-2-1-3-5-12)14-7-6-13(9-24)15(8-14)17(21,22)23/h1-8H,10-11H2. The van der Waals surface area contributed by atoms with Crippen LogP contribution < -0.4 is 4.90 Å². The lowest BCUT2D eigenvalue weighted by Crippen LogP contribution is -2.34.